The van der Waals surface area contributed by atoms with Crippen molar-refractivity contribution in [2.75, 3.05) is 0 Å². The van der Waals surface area contributed by atoms with Crippen molar-refractivity contribution in [3.8, 4) is 0 Å². The maximum absolute atomic E-state index is 11.1. The molecule has 0 saturated carbocycles. The van der Waals surface area contributed by atoms with Crippen LogP contribution >= 0.6 is 0 Å². The minimum absolute atomic E-state index is 0.194. The van der Waals surface area contributed by atoms with Crippen molar-refractivity contribution in [1.82, 2.24) is 9.97 Å². The molecule has 0 aliphatic heterocycles. The number of carbonyl (C=O) groups is 1. The molecule has 0 saturated heterocycles. The summed E-state index contributed by atoms with van der Waals surface area (Å²) in [6.45, 7) is 0. The van der Waals surface area contributed by atoms with Crippen molar-refractivity contribution in [3.63, 3.8) is 0 Å². The van der Waals surface area contributed by atoms with Gasteiger partial charge in [0.15, 0.2) is 5.78 Å². The number of Topliss-reactive ketones (excluding diaryl/α,β-unsaturated/α-hetero) is 1. The van der Waals surface area contributed by atoms with E-state index >= 15 is 0 Å². The Hall–Kier alpha value is -1.38. The van der Waals surface area contributed by atoms with Crippen LogP contribution in [0.15, 0.2) is 18.5 Å². The molecule has 1 heterocycles. The van der Waals surface area contributed by atoms with Gasteiger partial charge in [-0.15, -0.1) is 0 Å². The molecule has 56 valence electrons. The largest absolute Gasteiger partial charge is 0.345 e. The fourth-order valence-corrected chi connectivity index (χ4v) is 1.24. The number of aromatic nitrogens is 2. The van der Waals surface area contributed by atoms with E-state index in [1.165, 1.54) is 0 Å². The van der Waals surface area contributed by atoms with Gasteiger partial charge >= 0.3 is 0 Å². The fraction of sp³-hybridized carbons (Fsp3) is 0.250. The molecule has 0 atom stereocenters. The van der Waals surface area contributed by atoms with E-state index < -0.39 is 0 Å². The van der Waals surface area contributed by atoms with Gasteiger partial charge in [-0.25, -0.2) is 4.98 Å². The van der Waals surface area contributed by atoms with Crippen LogP contribution < -0.4 is 0 Å². The number of H-pyrrole nitrogens is 1. The first-order valence-electron chi connectivity index (χ1n) is 3.61. The Labute approximate surface area is 64.2 Å². The zero-order chi connectivity index (χ0) is 7.68. The molecule has 0 spiro atoms. The predicted molar refractivity (Wildman–Crippen MR) is 40.8 cm³/mol. The van der Waals surface area contributed by atoms with Crippen LogP contribution in [-0.4, -0.2) is 15.8 Å². The number of ketones is 1. The summed E-state index contributed by atoms with van der Waals surface area (Å²) >= 11 is 0. The first-order chi connectivity index (χ1) is 5.38. The van der Waals surface area contributed by atoms with Gasteiger partial charge in [0.05, 0.1) is 5.57 Å². The molecule has 1 aliphatic rings. The number of imidazole rings is 1. The Morgan fingerprint density at radius 2 is 2.45 bits per heavy atom. The monoisotopic (exact) mass is 148 g/mol. The topological polar surface area (TPSA) is 45.8 Å². The van der Waals surface area contributed by atoms with Gasteiger partial charge in [-0.1, -0.05) is 6.08 Å². The Bertz CT molecular complexity index is 298. The number of hydrogen-bond donors (Lipinski definition) is 1. The lowest BCUT2D eigenvalue weighted by molar-refractivity contribution is -0.113. The molecule has 3 nitrogen and oxygen atoms in total. The predicted octanol–water partition coefficient (Wildman–Crippen LogP) is 1.16. The molecule has 2 rings (SSSR count). The molecule has 0 aromatic carbocycles. The zero-order valence-electron chi connectivity index (χ0n) is 6.00. The van der Waals surface area contributed by atoms with Crippen LogP contribution in [0.1, 0.15) is 18.7 Å². The number of hydrogen-bond acceptors (Lipinski definition) is 2. The number of rotatable bonds is 1. The Balaban J connectivity index is 2.37. The molecule has 3 heteroatoms. The molecule has 0 bridgehead atoms. The van der Waals surface area contributed by atoms with Gasteiger partial charge in [-0.2, -0.15) is 0 Å². The summed E-state index contributed by atoms with van der Waals surface area (Å²) in [5.41, 5.74) is 0.745. The quantitative estimate of drug-likeness (QED) is 0.649. The van der Waals surface area contributed by atoms with Crippen molar-refractivity contribution in [2.24, 2.45) is 0 Å². The highest BCUT2D eigenvalue weighted by molar-refractivity contribution is 6.21. The SMILES string of the molecule is O=C1CCC=C1c1ncc[nH]1. The fourth-order valence-electron chi connectivity index (χ4n) is 1.24. The maximum Gasteiger partial charge on any atom is 0.166 e. The van der Waals surface area contributed by atoms with Gasteiger partial charge in [-0.3, -0.25) is 4.79 Å². The third-order valence-electron chi connectivity index (χ3n) is 1.77. The average Bonchev–Trinajstić information content (AvgIpc) is 2.55. The lowest BCUT2D eigenvalue weighted by Crippen LogP contribution is -1.96. The summed E-state index contributed by atoms with van der Waals surface area (Å²) in [6.07, 6.45) is 6.80. The summed E-state index contributed by atoms with van der Waals surface area (Å²) in [7, 11) is 0. The van der Waals surface area contributed by atoms with Gasteiger partial charge in [0.2, 0.25) is 0 Å². The van der Waals surface area contributed by atoms with E-state index in [1.54, 1.807) is 12.4 Å². The van der Waals surface area contributed by atoms with Gasteiger partial charge in [0, 0.05) is 18.8 Å². The Kier molecular flexibility index (Phi) is 1.35. The summed E-state index contributed by atoms with van der Waals surface area (Å²) in [5, 5.41) is 0. The number of aromatic amines is 1. The number of carbonyl (C=O) groups excluding carboxylic acids is 1. The third kappa shape index (κ3) is 0.981. The molecule has 0 unspecified atom stereocenters. The zero-order valence-corrected chi connectivity index (χ0v) is 6.00. The first-order valence-corrected chi connectivity index (χ1v) is 3.61. The van der Waals surface area contributed by atoms with E-state index in [0.29, 0.717) is 12.2 Å². The van der Waals surface area contributed by atoms with Crippen molar-refractivity contribution in [1.29, 1.82) is 0 Å². The van der Waals surface area contributed by atoms with Crippen LogP contribution in [0.3, 0.4) is 0 Å². The van der Waals surface area contributed by atoms with Crippen molar-refractivity contribution in [3.05, 3.63) is 24.3 Å². The van der Waals surface area contributed by atoms with E-state index in [4.69, 9.17) is 0 Å². The number of nitrogens with one attached hydrogen (secondary N) is 1. The van der Waals surface area contributed by atoms with E-state index in [1.807, 2.05) is 6.08 Å². The van der Waals surface area contributed by atoms with Crippen molar-refractivity contribution < 1.29 is 4.79 Å². The number of nitrogens with zero attached hydrogens (tertiary/aromatic N) is 1. The average molecular weight is 148 g/mol. The van der Waals surface area contributed by atoms with Crippen LogP contribution in [0.4, 0.5) is 0 Å². The molecular weight excluding hydrogens is 140 g/mol. The van der Waals surface area contributed by atoms with Crippen LogP contribution in [0.25, 0.3) is 5.57 Å². The minimum atomic E-state index is 0.194. The molecule has 0 fully saturated rings. The molecular formula is C8H8N2O. The van der Waals surface area contributed by atoms with E-state index in [2.05, 4.69) is 9.97 Å². The first kappa shape index (κ1) is 6.34. The van der Waals surface area contributed by atoms with Crippen molar-refractivity contribution >= 4 is 11.4 Å². The van der Waals surface area contributed by atoms with E-state index in [-0.39, 0.29) is 5.78 Å². The molecule has 0 radical (unpaired) electrons. The van der Waals surface area contributed by atoms with Crippen LogP contribution in [0.2, 0.25) is 0 Å². The Morgan fingerprint density at radius 1 is 1.55 bits per heavy atom. The molecule has 1 aromatic heterocycles. The highest BCUT2D eigenvalue weighted by Gasteiger charge is 2.17. The normalized spacial score (nSPS) is 17.1. The maximum atomic E-state index is 11.1. The van der Waals surface area contributed by atoms with Crippen LogP contribution in [-0.2, 0) is 4.79 Å². The summed E-state index contributed by atoms with van der Waals surface area (Å²) < 4.78 is 0. The minimum Gasteiger partial charge on any atom is -0.345 e. The van der Waals surface area contributed by atoms with Crippen molar-refractivity contribution in [2.45, 2.75) is 12.8 Å². The molecule has 11 heavy (non-hydrogen) atoms. The lowest BCUT2D eigenvalue weighted by atomic mass is 10.2. The van der Waals surface area contributed by atoms with E-state index in [9.17, 15) is 4.79 Å². The van der Waals surface area contributed by atoms with Crippen LogP contribution in [0.5, 0.6) is 0 Å². The highest BCUT2D eigenvalue weighted by atomic mass is 16.1. The molecule has 1 aromatic rings. The lowest BCUT2D eigenvalue weighted by Gasteiger charge is -1.92. The smallest absolute Gasteiger partial charge is 0.166 e. The van der Waals surface area contributed by atoms with E-state index in [0.717, 1.165) is 12.0 Å². The molecule has 0 amide bonds. The van der Waals surface area contributed by atoms with Gasteiger partial charge < -0.3 is 4.98 Å². The summed E-state index contributed by atoms with van der Waals surface area (Å²) in [5.74, 6) is 0.896. The molecule has 1 N–H and O–H groups in total. The standard InChI is InChI=1S/C8H8N2O/c11-7-3-1-2-6(7)8-9-4-5-10-8/h2,4-5H,1,3H2,(H,9,10). The second kappa shape index (κ2) is 2.34. The second-order valence-corrected chi connectivity index (χ2v) is 2.52. The van der Waals surface area contributed by atoms with Gasteiger partial charge in [-0.05, 0) is 6.42 Å². The van der Waals surface area contributed by atoms with Gasteiger partial charge in [0.25, 0.3) is 0 Å². The third-order valence-corrected chi connectivity index (χ3v) is 1.77. The van der Waals surface area contributed by atoms with Gasteiger partial charge in [0.1, 0.15) is 5.82 Å². The number of allylic oxidation sites excluding steroid dienone is 2. The summed E-state index contributed by atoms with van der Waals surface area (Å²) in [6, 6.07) is 0. The Morgan fingerprint density at radius 3 is 3.00 bits per heavy atom. The highest BCUT2D eigenvalue weighted by Crippen LogP contribution is 2.20. The molecule has 1 aliphatic carbocycles. The summed E-state index contributed by atoms with van der Waals surface area (Å²) in [4.78, 5) is 18.1. The second-order valence-electron chi connectivity index (χ2n) is 2.52. The van der Waals surface area contributed by atoms with Crippen LogP contribution in [0, 0.1) is 0 Å².